The molecule has 0 saturated carbocycles. The van der Waals surface area contributed by atoms with Gasteiger partial charge in [0.25, 0.3) is 0 Å². The van der Waals surface area contributed by atoms with Crippen molar-refractivity contribution < 1.29 is 14.4 Å². The van der Waals surface area contributed by atoms with Crippen molar-refractivity contribution in [1.82, 2.24) is 10.5 Å². The van der Waals surface area contributed by atoms with Crippen LogP contribution in [0.4, 0.5) is 0 Å². The lowest BCUT2D eigenvalue weighted by Gasteiger charge is -2.09. The first-order chi connectivity index (χ1) is 9.58. The predicted molar refractivity (Wildman–Crippen MR) is 75.3 cm³/mol. The van der Waals surface area contributed by atoms with Gasteiger partial charge in [-0.05, 0) is 31.2 Å². The van der Waals surface area contributed by atoms with Gasteiger partial charge in [0.1, 0.15) is 0 Å². The fourth-order valence-electron chi connectivity index (χ4n) is 1.68. The number of halogens is 1. The van der Waals surface area contributed by atoms with Crippen LogP contribution in [0.15, 0.2) is 34.9 Å². The molecule has 0 radical (unpaired) electrons. The van der Waals surface area contributed by atoms with Gasteiger partial charge in [0.05, 0.1) is 18.7 Å². The Morgan fingerprint density at radius 2 is 2.15 bits per heavy atom. The number of nitrogens with zero attached hydrogens (tertiary/aromatic N) is 1. The molecule has 1 aromatic heterocycles. The van der Waals surface area contributed by atoms with Gasteiger partial charge in [-0.1, -0.05) is 16.8 Å². The van der Waals surface area contributed by atoms with E-state index in [2.05, 4.69) is 10.5 Å². The van der Waals surface area contributed by atoms with Crippen molar-refractivity contribution in [1.29, 1.82) is 0 Å². The molecule has 106 valence electrons. The van der Waals surface area contributed by atoms with Crippen molar-refractivity contribution in [3.05, 3.63) is 41.0 Å². The maximum absolute atomic E-state index is 11.7. The lowest BCUT2D eigenvalue weighted by atomic mass is 10.1. The van der Waals surface area contributed by atoms with Crippen molar-refractivity contribution in [2.45, 2.75) is 19.4 Å². The monoisotopic (exact) mass is 294 g/mol. The molecule has 2 aromatic rings. The second-order valence-electron chi connectivity index (χ2n) is 4.52. The van der Waals surface area contributed by atoms with E-state index in [1.54, 1.807) is 25.1 Å². The van der Waals surface area contributed by atoms with Crippen LogP contribution < -0.4 is 5.32 Å². The van der Waals surface area contributed by atoms with Gasteiger partial charge in [-0.25, -0.2) is 0 Å². The molecule has 0 aliphatic heterocycles. The Morgan fingerprint density at radius 1 is 1.45 bits per heavy atom. The normalized spacial score (nSPS) is 12.2. The number of benzene rings is 1. The molecule has 0 saturated heterocycles. The number of nitrogens with one attached hydrogen (secondary N) is 1. The van der Waals surface area contributed by atoms with Gasteiger partial charge >= 0.3 is 0 Å². The van der Waals surface area contributed by atoms with Crippen molar-refractivity contribution in [3.63, 3.8) is 0 Å². The van der Waals surface area contributed by atoms with Gasteiger partial charge in [0.15, 0.2) is 5.76 Å². The Bertz CT molecular complexity index is 580. The van der Waals surface area contributed by atoms with Crippen LogP contribution in [0.5, 0.6) is 0 Å². The molecule has 1 heterocycles. The maximum atomic E-state index is 11.7. The highest BCUT2D eigenvalue weighted by Crippen LogP contribution is 2.22. The smallest absolute Gasteiger partial charge is 0.226 e. The van der Waals surface area contributed by atoms with Crippen LogP contribution in [0, 0.1) is 0 Å². The van der Waals surface area contributed by atoms with E-state index in [9.17, 15) is 4.79 Å². The summed E-state index contributed by atoms with van der Waals surface area (Å²) in [6, 6.07) is 8.60. The summed E-state index contributed by atoms with van der Waals surface area (Å²) in [4.78, 5) is 11.7. The van der Waals surface area contributed by atoms with Crippen LogP contribution in [0.3, 0.4) is 0 Å². The van der Waals surface area contributed by atoms with E-state index in [-0.39, 0.29) is 25.0 Å². The number of aliphatic hydroxyl groups is 1. The number of amides is 1. The Labute approximate surface area is 121 Å². The van der Waals surface area contributed by atoms with Crippen molar-refractivity contribution >= 4 is 17.5 Å². The zero-order valence-electron chi connectivity index (χ0n) is 11.0. The molecule has 0 bridgehead atoms. The third-order valence-electron chi connectivity index (χ3n) is 2.71. The number of carbonyl (C=O) groups is 1. The van der Waals surface area contributed by atoms with E-state index in [0.717, 1.165) is 5.56 Å². The molecule has 2 N–H and O–H groups in total. The topological polar surface area (TPSA) is 75.4 Å². The van der Waals surface area contributed by atoms with Gasteiger partial charge in [-0.15, -0.1) is 0 Å². The van der Waals surface area contributed by atoms with E-state index >= 15 is 0 Å². The van der Waals surface area contributed by atoms with E-state index in [0.29, 0.717) is 16.5 Å². The quantitative estimate of drug-likeness (QED) is 0.885. The molecule has 2 rings (SSSR count). The average molecular weight is 295 g/mol. The zero-order chi connectivity index (χ0) is 14.5. The van der Waals surface area contributed by atoms with Crippen molar-refractivity contribution in [2.24, 2.45) is 0 Å². The lowest BCUT2D eigenvalue weighted by Crippen LogP contribution is -2.36. The van der Waals surface area contributed by atoms with Crippen LogP contribution in [0.2, 0.25) is 5.02 Å². The number of aliphatic hydroxyl groups excluding tert-OH is 1. The molecule has 6 heteroatoms. The molecule has 0 aliphatic rings. The van der Waals surface area contributed by atoms with Crippen LogP contribution in [0.25, 0.3) is 11.3 Å². The summed E-state index contributed by atoms with van der Waals surface area (Å²) in [6.45, 7) is 1.63. The van der Waals surface area contributed by atoms with Gasteiger partial charge in [-0.2, -0.15) is 0 Å². The Balaban J connectivity index is 2.02. The minimum atomic E-state index is -0.273. The largest absolute Gasteiger partial charge is 0.394 e. The molecule has 0 aliphatic carbocycles. The van der Waals surface area contributed by atoms with E-state index in [1.165, 1.54) is 0 Å². The Morgan fingerprint density at radius 3 is 2.80 bits per heavy atom. The summed E-state index contributed by atoms with van der Waals surface area (Å²) in [5.74, 6) is 0.377. The minimum absolute atomic E-state index is 0.0966. The SMILES string of the molecule is C[C@@H](CO)NC(=O)Cc1cc(-c2ccc(Cl)cc2)on1. The van der Waals surface area contributed by atoms with Gasteiger partial charge in [0, 0.05) is 22.7 Å². The molecule has 1 aromatic carbocycles. The average Bonchev–Trinajstić information content (AvgIpc) is 2.87. The molecule has 0 fully saturated rings. The molecule has 20 heavy (non-hydrogen) atoms. The molecule has 1 amide bonds. The van der Waals surface area contributed by atoms with E-state index in [4.69, 9.17) is 21.2 Å². The molecule has 1 atom stereocenters. The first-order valence-corrected chi connectivity index (χ1v) is 6.58. The summed E-state index contributed by atoms with van der Waals surface area (Å²) in [5, 5.41) is 16.0. The third-order valence-corrected chi connectivity index (χ3v) is 2.96. The number of hydrogen-bond donors (Lipinski definition) is 2. The molecular formula is C14H15ClN2O3. The summed E-state index contributed by atoms with van der Waals surface area (Å²) in [6.07, 6.45) is 0.113. The second kappa shape index (κ2) is 6.54. The highest BCUT2D eigenvalue weighted by Gasteiger charge is 2.12. The molecule has 5 nitrogen and oxygen atoms in total. The van der Waals surface area contributed by atoms with Crippen LogP contribution in [-0.2, 0) is 11.2 Å². The fourth-order valence-corrected chi connectivity index (χ4v) is 1.81. The summed E-state index contributed by atoms with van der Waals surface area (Å²) in [5.41, 5.74) is 1.38. The van der Waals surface area contributed by atoms with Crippen molar-refractivity contribution in [3.8, 4) is 11.3 Å². The van der Waals surface area contributed by atoms with Crippen molar-refractivity contribution in [2.75, 3.05) is 6.61 Å². The summed E-state index contributed by atoms with van der Waals surface area (Å²) < 4.78 is 5.20. The number of aromatic nitrogens is 1. The number of rotatable bonds is 5. The Kier molecular flexibility index (Phi) is 4.76. The maximum Gasteiger partial charge on any atom is 0.226 e. The van der Waals surface area contributed by atoms with Gasteiger partial charge in [-0.3, -0.25) is 4.79 Å². The molecule has 0 spiro atoms. The van der Waals surface area contributed by atoms with Crippen LogP contribution >= 0.6 is 11.6 Å². The van der Waals surface area contributed by atoms with Gasteiger partial charge < -0.3 is 14.9 Å². The van der Waals surface area contributed by atoms with Gasteiger partial charge in [0.2, 0.25) is 5.91 Å². The zero-order valence-corrected chi connectivity index (χ0v) is 11.7. The summed E-state index contributed by atoms with van der Waals surface area (Å²) >= 11 is 5.82. The van der Waals surface area contributed by atoms with Crippen LogP contribution in [-0.4, -0.2) is 28.8 Å². The minimum Gasteiger partial charge on any atom is -0.394 e. The summed E-state index contributed by atoms with van der Waals surface area (Å²) in [7, 11) is 0. The fraction of sp³-hybridized carbons (Fsp3) is 0.286. The highest BCUT2D eigenvalue weighted by molar-refractivity contribution is 6.30. The first-order valence-electron chi connectivity index (χ1n) is 6.20. The molecular weight excluding hydrogens is 280 g/mol. The predicted octanol–water partition coefficient (Wildman–Crippen LogP) is 2.03. The standard InChI is InChI=1S/C14H15ClN2O3/c1-9(8-18)16-14(19)7-12-6-13(20-17-12)10-2-4-11(15)5-3-10/h2-6,9,18H,7-8H2,1H3,(H,16,19)/t9-/m0/s1. The Hall–Kier alpha value is -1.85. The number of hydrogen-bond acceptors (Lipinski definition) is 4. The second-order valence-corrected chi connectivity index (χ2v) is 4.95. The first kappa shape index (κ1) is 14.6. The lowest BCUT2D eigenvalue weighted by molar-refractivity contribution is -0.121. The van der Waals surface area contributed by atoms with E-state index < -0.39 is 0 Å². The third kappa shape index (κ3) is 3.82. The number of carbonyl (C=O) groups excluding carboxylic acids is 1. The highest BCUT2D eigenvalue weighted by atomic mass is 35.5. The molecule has 0 unspecified atom stereocenters. The van der Waals surface area contributed by atoms with E-state index in [1.807, 2.05) is 12.1 Å². The van der Waals surface area contributed by atoms with Crippen LogP contribution in [0.1, 0.15) is 12.6 Å².